The van der Waals surface area contributed by atoms with Crippen LogP contribution in [0.4, 0.5) is 5.69 Å². The lowest BCUT2D eigenvalue weighted by Crippen LogP contribution is -2.46. The second kappa shape index (κ2) is 4.97. The minimum Gasteiger partial charge on any atom is -0.395 e. The molecule has 6 heteroatoms. The lowest BCUT2D eigenvalue weighted by atomic mass is 9.91. The van der Waals surface area contributed by atoms with Crippen LogP contribution in [-0.4, -0.2) is 45.3 Å². The van der Waals surface area contributed by atoms with Gasteiger partial charge in [0.25, 0.3) is 5.91 Å². The van der Waals surface area contributed by atoms with Crippen molar-refractivity contribution in [2.75, 3.05) is 12.8 Å². The summed E-state index contributed by atoms with van der Waals surface area (Å²) in [6.07, 6.45) is 3.18. The quantitative estimate of drug-likeness (QED) is 0.721. The van der Waals surface area contributed by atoms with E-state index in [0.29, 0.717) is 11.4 Å². The first-order chi connectivity index (χ1) is 8.52. The van der Waals surface area contributed by atoms with Crippen LogP contribution in [0.25, 0.3) is 0 Å². The average molecular weight is 252 g/mol. The van der Waals surface area contributed by atoms with Crippen LogP contribution in [0.15, 0.2) is 0 Å². The van der Waals surface area contributed by atoms with Crippen molar-refractivity contribution in [3.63, 3.8) is 0 Å². The Morgan fingerprint density at radius 2 is 2.17 bits per heavy atom. The van der Waals surface area contributed by atoms with Gasteiger partial charge >= 0.3 is 0 Å². The lowest BCUT2D eigenvalue weighted by Gasteiger charge is -2.34. The van der Waals surface area contributed by atoms with Crippen LogP contribution in [0.3, 0.4) is 0 Å². The fourth-order valence-corrected chi connectivity index (χ4v) is 2.46. The summed E-state index contributed by atoms with van der Waals surface area (Å²) < 4.78 is 0. The summed E-state index contributed by atoms with van der Waals surface area (Å²) in [5.74, 6) is -0.234. The molecule has 4 N–H and O–H groups in total. The number of nitrogens with zero attached hydrogens (tertiary/aromatic N) is 2. The van der Waals surface area contributed by atoms with Crippen LogP contribution in [-0.2, 0) is 0 Å². The monoisotopic (exact) mass is 252 g/mol. The van der Waals surface area contributed by atoms with Gasteiger partial charge in [-0.3, -0.25) is 9.89 Å². The number of hydrogen-bond acceptors (Lipinski definition) is 4. The largest absolute Gasteiger partial charge is 0.395 e. The van der Waals surface area contributed by atoms with Crippen LogP contribution >= 0.6 is 0 Å². The number of nitrogens with two attached hydrogens (primary N) is 1. The number of carbonyl (C=O) groups is 1. The molecule has 0 bridgehead atoms. The van der Waals surface area contributed by atoms with E-state index in [2.05, 4.69) is 10.2 Å². The number of nitrogens with one attached hydrogen (secondary N) is 1. The molecule has 1 aromatic heterocycles. The van der Waals surface area contributed by atoms with Gasteiger partial charge in [0.1, 0.15) is 0 Å². The minimum atomic E-state index is -0.450. The molecule has 2 atom stereocenters. The molecule has 1 aromatic rings. The number of aliphatic hydroxyl groups excluding tert-OH is 1. The highest BCUT2D eigenvalue weighted by atomic mass is 16.3. The summed E-state index contributed by atoms with van der Waals surface area (Å²) >= 11 is 0. The Kier molecular flexibility index (Phi) is 3.56. The van der Waals surface area contributed by atoms with Gasteiger partial charge in [0, 0.05) is 7.05 Å². The van der Waals surface area contributed by atoms with E-state index in [9.17, 15) is 9.90 Å². The van der Waals surface area contributed by atoms with Crippen LogP contribution in [0, 0.1) is 6.92 Å². The number of aromatic nitrogens is 2. The number of nitrogen functional groups attached to an aromatic ring is 1. The topological polar surface area (TPSA) is 95.2 Å². The van der Waals surface area contributed by atoms with E-state index < -0.39 is 6.10 Å². The number of anilines is 1. The highest BCUT2D eigenvalue weighted by Gasteiger charge is 2.31. The molecule has 0 aromatic carbocycles. The number of aromatic amines is 1. The maximum Gasteiger partial charge on any atom is 0.276 e. The molecule has 1 heterocycles. The van der Waals surface area contributed by atoms with Gasteiger partial charge in [-0.15, -0.1) is 0 Å². The fraction of sp³-hybridized carbons (Fsp3) is 0.667. The molecule has 2 rings (SSSR count). The molecule has 0 spiro atoms. The van der Waals surface area contributed by atoms with E-state index in [0.717, 1.165) is 25.7 Å². The second-order valence-electron chi connectivity index (χ2n) is 4.95. The Bertz CT molecular complexity index is 443. The predicted octanol–water partition coefficient (Wildman–Crippen LogP) is 0.676. The third kappa shape index (κ3) is 2.20. The number of amides is 1. The van der Waals surface area contributed by atoms with Gasteiger partial charge in [0.05, 0.1) is 23.5 Å². The third-order valence-corrected chi connectivity index (χ3v) is 3.71. The zero-order valence-electron chi connectivity index (χ0n) is 10.8. The summed E-state index contributed by atoms with van der Waals surface area (Å²) in [4.78, 5) is 13.8. The molecular formula is C12H20N4O2. The van der Waals surface area contributed by atoms with Gasteiger partial charge in [0.2, 0.25) is 0 Å². The number of aryl methyl sites for hydroxylation is 1. The van der Waals surface area contributed by atoms with E-state index in [1.807, 2.05) is 0 Å². The van der Waals surface area contributed by atoms with E-state index in [-0.39, 0.29) is 17.6 Å². The van der Waals surface area contributed by atoms with Gasteiger partial charge < -0.3 is 15.7 Å². The van der Waals surface area contributed by atoms with Crippen LogP contribution in [0.5, 0.6) is 0 Å². The van der Waals surface area contributed by atoms with Crippen molar-refractivity contribution >= 4 is 11.6 Å². The number of aliphatic hydroxyl groups is 1. The zero-order chi connectivity index (χ0) is 13.3. The summed E-state index contributed by atoms with van der Waals surface area (Å²) in [5.41, 5.74) is 7.12. The van der Waals surface area contributed by atoms with Gasteiger partial charge in [0.15, 0.2) is 5.69 Å². The first-order valence-corrected chi connectivity index (χ1v) is 6.28. The number of hydrogen-bond donors (Lipinski definition) is 3. The number of rotatable bonds is 2. The molecule has 0 saturated heterocycles. The Hall–Kier alpha value is -1.56. The standard InChI is InChI=1S/C12H20N4O2/c1-7-10(13)11(15-14-7)12(18)16(2)8-5-3-4-6-9(8)17/h8-9,17H,3-6,13H2,1-2H3,(H,14,15). The number of H-pyrrole nitrogens is 1. The Balaban J connectivity index is 2.15. The van der Waals surface area contributed by atoms with Crippen molar-refractivity contribution in [2.45, 2.75) is 44.8 Å². The van der Waals surface area contributed by atoms with Crippen LogP contribution < -0.4 is 5.73 Å². The molecule has 100 valence electrons. The van der Waals surface area contributed by atoms with Crippen molar-refractivity contribution in [1.82, 2.24) is 15.1 Å². The zero-order valence-corrected chi connectivity index (χ0v) is 10.8. The molecule has 2 unspecified atom stereocenters. The van der Waals surface area contributed by atoms with Gasteiger partial charge in [-0.2, -0.15) is 5.10 Å². The van der Waals surface area contributed by atoms with Crippen molar-refractivity contribution in [3.05, 3.63) is 11.4 Å². The summed E-state index contributed by atoms with van der Waals surface area (Å²) in [7, 11) is 1.70. The molecule has 1 fully saturated rings. The Morgan fingerprint density at radius 1 is 1.50 bits per heavy atom. The molecule has 6 nitrogen and oxygen atoms in total. The minimum absolute atomic E-state index is 0.136. The molecule has 1 aliphatic rings. The molecule has 1 aliphatic carbocycles. The maximum absolute atomic E-state index is 12.3. The second-order valence-corrected chi connectivity index (χ2v) is 4.95. The highest BCUT2D eigenvalue weighted by Crippen LogP contribution is 2.24. The lowest BCUT2D eigenvalue weighted by molar-refractivity contribution is 0.0265. The molecule has 0 aliphatic heterocycles. The van der Waals surface area contributed by atoms with Crippen LogP contribution in [0.2, 0.25) is 0 Å². The van der Waals surface area contributed by atoms with E-state index in [1.165, 1.54) is 0 Å². The van der Waals surface area contributed by atoms with E-state index in [1.54, 1.807) is 18.9 Å². The van der Waals surface area contributed by atoms with Crippen molar-refractivity contribution in [2.24, 2.45) is 0 Å². The van der Waals surface area contributed by atoms with Crippen LogP contribution in [0.1, 0.15) is 41.9 Å². The average Bonchev–Trinajstić information content (AvgIpc) is 2.69. The first-order valence-electron chi connectivity index (χ1n) is 6.28. The maximum atomic E-state index is 12.3. The molecule has 18 heavy (non-hydrogen) atoms. The normalized spacial score (nSPS) is 23.9. The van der Waals surface area contributed by atoms with Gasteiger partial charge in [-0.25, -0.2) is 0 Å². The smallest absolute Gasteiger partial charge is 0.276 e. The van der Waals surface area contributed by atoms with Crippen molar-refractivity contribution in [3.8, 4) is 0 Å². The fourth-order valence-electron chi connectivity index (χ4n) is 2.46. The summed E-state index contributed by atoms with van der Waals surface area (Å²) in [6.45, 7) is 1.77. The Labute approximate surface area is 106 Å². The highest BCUT2D eigenvalue weighted by molar-refractivity contribution is 5.97. The predicted molar refractivity (Wildman–Crippen MR) is 68.1 cm³/mol. The number of carbonyl (C=O) groups excluding carboxylic acids is 1. The van der Waals surface area contributed by atoms with E-state index in [4.69, 9.17) is 5.73 Å². The van der Waals surface area contributed by atoms with Gasteiger partial charge in [-0.1, -0.05) is 12.8 Å². The van der Waals surface area contributed by atoms with Crippen molar-refractivity contribution in [1.29, 1.82) is 0 Å². The molecule has 1 saturated carbocycles. The SMILES string of the molecule is Cc1[nH]nc(C(=O)N(C)C2CCCCC2O)c1N. The molecular weight excluding hydrogens is 232 g/mol. The third-order valence-electron chi connectivity index (χ3n) is 3.71. The summed E-state index contributed by atoms with van der Waals surface area (Å²) in [6, 6.07) is -0.136. The molecule has 1 amide bonds. The first kappa shape index (κ1) is 12.9. The van der Waals surface area contributed by atoms with Gasteiger partial charge in [-0.05, 0) is 19.8 Å². The molecule has 0 radical (unpaired) electrons. The Morgan fingerprint density at radius 3 is 2.72 bits per heavy atom. The van der Waals surface area contributed by atoms with Crippen molar-refractivity contribution < 1.29 is 9.90 Å². The summed E-state index contributed by atoms with van der Waals surface area (Å²) in [5, 5.41) is 16.6. The van der Waals surface area contributed by atoms with E-state index >= 15 is 0 Å². The number of likely N-dealkylation sites (N-methyl/N-ethyl adjacent to an activating group) is 1.